The van der Waals surface area contributed by atoms with E-state index in [9.17, 15) is 0 Å². The fraction of sp³-hybridized carbons (Fsp3) is 0.444. The number of hydrogen-bond donors (Lipinski definition) is 1. The highest BCUT2D eigenvalue weighted by molar-refractivity contribution is 8.93. The lowest BCUT2D eigenvalue weighted by molar-refractivity contribution is 0.589. The number of hydrogen-bond acceptors (Lipinski definition) is 3. The molecule has 1 aliphatic rings. The summed E-state index contributed by atoms with van der Waals surface area (Å²) in [5, 5.41) is 3.32. The molecule has 1 saturated heterocycles. The maximum atomic E-state index is 4.10. The second-order valence-corrected chi connectivity index (χ2v) is 2.95. The topological polar surface area (TPSA) is 28.2 Å². The fourth-order valence-electron chi connectivity index (χ4n) is 1.46. The predicted molar refractivity (Wildman–Crippen MR) is 70.0 cm³/mol. The Kier molecular flexibility index (Phi) is 7.13. The summed E-state index contributed by atoms with van der Waals surface area (Å²) in [6.07, 6.45) is 3.73. The first-order valence-corrected chi connectivity index (χ1v) is 4.32. The second-order valence-electron chi connectivity index (χ2n) is 2.95. The predicted octanol–water partition coefficient (Wildman–Crippen LogP) is 1.65. The van der Waals surface area contributed by atoms with Crippen molar-refractivity contribution in [1.29, 1.82) is 0 Å². The third-order valence-corrected chi connectivity index (χ3v) is 2.13. The largest absolute Gasteiger partial charge is 0.368 e. The minimum absolute atomic E-state index is 0. The Bertz CT molecular complexity index is 237. The lowest BCUT2D eigenvalue weighted by atomic mass is 10.3. The number of pyridine rings is 1. The number of anilines is 1. The van der Waals surface area contributed by atoms with Gasteiger partial charge in [-0.2, -0.15) is 0 Å². The highest BCUT2D eigenvalue weighted by atomic mass is 79.9. The van der Waals surface area contributed by atoms with Crippen LogP contribution in [0, 0.1) is 0 Å². The van der Waals surface area contributed by atoms with Crippen LogP contribution in [-0.4, -0.2) is 31.2 Å². The molecule has 3 nitrogen and oxygen atoms in total. The van der Waals surface area contributed by atoms with Crippen LogP contribution in [0.2, 0.25) is 0 Å². The van der Waals surface area contributed by atoms with Crippen LogP contribution in [0.3, 0.4) is 0 Å². The molecule has 0 saturated carbocycles. The molecule has 0 aliphatic carbocycles. The van der Waals surface area contributed by atoms with E-state index in [0.29, 0.717) is 0 Å². The zero-order valence-electron chi connectivity index (χ0n) is 7.85. The van der Waals surface area contributed by atoms with Gasteiger partial charge in [-0.25, -0.2) is 0 Å². The van der Waals surface area contributed by atoms with E-state index >= 15 is 0 Å². The Morgan fingerprint density at radius 1 is 1.21 bits per heavy atom. The van der Waals surface area contributed by atoms with Crippen molar-refractivity contribution in [2.45, 2.75) is 0 Å². The molecule has 80 valence electrons. The first-order chi connectivity index (χ1) is 5.97. The molecule has 1 aromatic heterocycles. The van der Waals surface area contributed by atoms with Crippen molar-refractivity contribution in [2.24, 2.45) is 0 Å². The van der Waals surface area contributed by atoms with Crippen LogP contribution < -0.4 is 10.2 Å². The monoisotopic (exact) mass is 323 g/mol. The minimum atomic E-state index is 0. The summed E-state index contributed by atoms with van der Waals surface area (Å²) in [6.45, 7) is 4.33. The number of nitrogens with zero attached hydrogens (tertiary/aromatic N) is 2. The van der Waals surface area contributed by atoms with Crippen molar-refractivity contribution in [2.75, 3.05) is 31.1 Å². The number of rotatable bonds is 1. The van der Waals surface area contributed by atoms with Crippen LogP contribution in [0.15, 0.2) is 24.5 Å². The summed E-state index contributed by atoms with van der Waals surface area (Å²) < 4.78 is 0. The molecule has 1 aliphatic heterocycles. The van der Waals surface area contributed by atoms with Gasteiger partial charge >= 0.3 is 0 Å². The van der Waals surface area contributed by atoms with Crippen LogP contribution in [-0.2, 0) is 0 Å². The summed E-state index contributed by atoms with van der Waals surface area (Å²) in [6, 6.07) is 4.09. The van der Waals surface area contributed by atoms with E-state index in [4.69, 9.17) is 0 Å². The number of halogens is 2. The van der Waals surface area contributed by atoms with Gasteiger partial charge in [0.25, 0.3) is 0 Å². The maximum absolute atomic E-state index is 4.10. The third-order valence-electron chi connectivity index (χ3n) is 2.13. The van der Waals surface area contributed by atoms with Gasteiger partial charge in [0.2, 0.25) is 0 Å². The number of nitrogens with one attached hydrogen (secondary N) is 1. The Morgan fingerprint density at radius 3 is 2.50 bits per heavy atom. The summed E-state index contributed by atoms with van der Waals surface area (Å²) >= 11 is 0. The molecule has 0 aromatic carbocycles. The lowest BCUT2D eigenvalue weighted by Gasteiger charge is -2.28. The first kappa shape index (κ1) is 13.9. The van der Waals surface area contributed by atoms with Crippen molar-refractivity contribution in [1.82, 2.24) is 10.3 Å². The smallest absolute Gasteiger partial charge is 0.0553 e. The van der Waals surface area contributed by atoms with Gasteiger partial charge in [-0.1, -0.05) is 0 Å². The SMILES string of the molecule is Br.Br.c1cncc(N2CCNCC2)c1. The van der Waals surface area contributed by atoms with Gasteiger partial charge in [0, 0.05) is 32.4 Å². The summed E-state index contributed by atoms with van der Waals surface area (Å²) in [7, 11) is 0. The van der Waals surface area contributed by atoms with Gasteiger partial charge in [0.05, 0.1) is 11.9 Å². The highest BCUT2D eigenvalue weighted by Gasteiger charge is 2.08. The van der Waals surface area contributed by atoms with Crippen molar-refractivity contribution >= 4 is 39.7 Å². The highest BCUT2D eigenvalue weighted by Crippen LogP contribution is 2.11. The molecule has 0 atom stereocenters. The molecule has 0 amide bonds. The third kappa shape index (κ3) is 3.55. The van der Waals surface area contributed by atoms with Gasteiger partial charge in [-0.15, -0.1) is 34.0 Å². The molecule has 0 bridgehead atoms. The first-order valence-electron chi connectivity index (χ1n) is 4.32. The van der Waals surface area contributed by atoms with Crippen molar-refractivity contribution in [3.8, 4) is 0 Å². The molecule has 0 spiro atoms. The van der Waals surface area contributed by atoms with Crippen LogP contribution >= 0.6 is 34.0 Å². The summed E-state index contributed by atoms with van der Waals surface area (Å²) in [4.78, 5) is 6.45. The van der Waals surface area contributed by atoms with Crippen LogP contribution in [0.1, 0.15) is 0 Å². The van der Waals surface area contributed by atoms with Crippen LogP contribution in [0.4, 0.5) is 5.69 Å². The summed E-state index contributed by atoms with van der Waals surface area (Å²) in [5.74, 6) is 0. The van der Waals surface area contributed by atoms with Gasteiger partial charge < -0.3 is 10.2 Å². The van der Waals surface area contributed by atoms with E-state index < -0.39 is 0 Å². The summed E-state index contributed by atoms with van der Waals surface area (Å²) in [5.41, 5.74) is 1.24. The van der Waals surface area contributed by atoms with E-state index in [2.05, 4.69) is 21.3 Å². The number of aromatic nitrogens is 1. The van der Waals surface area contributed by atoms with E-state index in [1.54, 1.807) is 0 Å². The van der Waals surface area contributed by atoms with E-state index in [0.717, 1.165) is 26.2 Å². The van der Waals surface area contributed by atoms with Crippen molar-refractivity contribution in [3.63, 3.8) is 0 Å². The standard InChI is InChI=1S/C9H13N3.2BrH/c1-2-9(8-11-3-1)12-6-4-10-5-7-12;;/h1-3,8,10H,4-7H2;2*1H. The van der Waals surface area contributed by atoms with Crippen LogP contribution in [0.25, 0.3) is 0 Å². The quantitative estimate of drug-likeness (QED) is 0.851. The minimum Gasteiger partial charge on any atom is -0.368 e. The fourth-order valence-corrected chi connectivity index (χ4v) is 1.46. The van der Waals surface area contributed by atoms with Gasteiger partial charge in [0.15, 0.2) is 0 Å². The molecule has 14 heavy (non-hydrogen) atoms. The zero-order valence-corrected chi connectivity index (χ0v) is 11.3. The van der Waals surface area contributed by atoms with Gasteiger partial charge in [-0.05, 0) is 12.1 Å². The Hall–Kier alpha value is -0.130. The average molecular weight is 325 g/mol. The Balaban J connectivity index is 0.000000845. The second kappa shape index (κ2) is 7.20. The van der Waals surface area contributed by atoms with E-state index in [1.807, 2.05) is 18.5 Å². The molecule has 2 rings (SSSR count). The molecule has 1 fully saturated rings. The average Bonchev–Trinajstić information content (AvgIpc) is 2.21. The molecule has 2 heterocycles. The molecule has 1 N–H and O–H groups in total. The van der Waals surface area contributed by atoms with Crippen molar-refractivity contribution in [3.05, 3.63) is 24.5 Å². The van der Waals surface area contributed by atoms with Gasteiger partial charge in [0.1, 0.15) is 0 Å². The van der Waals surface area contributed by atoms with Gasteiger partial charge in [-0.3, -0.25) is 4.98 Å². The number of piperazine rings is 1. The molecule has 5 heteroatoms. The molecule has 0 unspecified atom stereocenters. The Labute approximate surface area is 105 Å². The van der Waals surface area contributed by atoms with E-state index in [-0.39, 0.29) is 34.0 Å². The molecular formula is C9H15Br2N3. The van der Waals surface area contributed by atoms with Crippen LogP contribution in [0.5, 0.6) is 0 Å². The Morgan fingerprint density at radius 2 is 1.93 bits per heavy atom. The molecule has 0 radical (unpaired) electrons. The maximum Gasteiger partial charge on any atom is 0.0553 e. The van der Waals surface area contributed by atoms with Crippen molar-refractivity contribution < 1.29 is 0 Å². The normalized spacial score (nSPS) is 15.3. The zero-order chi connectivity index (χ0) is 8.23. The lowest BCUT2D eigenvalue weighted by Crippen LogP contribution is -2.43. The molecular weight excluding hydrogens is 310 g/mol. The van der Waals surface area contributed by atoms with E-state index in [1.165, 1.54) is 5.69 Å². The molecule has 1 aromatic rings.